The summed E-state index contributed by atoms with van der Waals surface area (Å²) in [5.41, 5.74) is 0. The molecular weight excluding hydrogens is 188 g/mol. The van der Waals surface area contributed by atoms with Crippen molar-refractivity contribution < 1.29 is 4.79 Å². The molecule has 1 nitrogen and oxygen atoms in total. The molecule has 12 heavy (non-hydrogen) atoms. The Morgan fingerprint density at radius 1 is 1.33 bits per heavy atom. The van der Waals surface area contributed by atoms with E-state index in [1.54, 1.807) is 10.8 Å². The summed E-state index contributed by atoms with van der Waals surface area (Å²) in [4.78, 5) is 11.5. The maximum atomic E-state index is 11.5. The first-order chi connectivity index (χ1) is 5.84. The van der Waals surface area contributed by atoms with Gasteiger partial charge in [0.15, 0.2) is 0 Å². The van der Waals surface area contributed by atoms with Crippen LogP contribution in [0.15, 0.2) is 0 Å². The van der Waals surface area contributed by atoms with E-state index in [0.29, 0.717) is 11.0 Å². The Morgan fingerprint density at radius 2 is 2.00 bits per heavy atom. The monoisotopic (exact) mass is 204 g/mol. The molecule has 0 saturated heterocycles. The fourth-order valence-electron chi connectivity index (χ4n) is 1.52. The van der Waals surface area contributed by atoms with E-state index < -0.39 is 0 Å². The molecule has 0 heterocycles. The third-order valence-corrected chi connectivity index (χ3v) is 4.60. The Hall–Kier alpha value is 0.370. The first-order valence-electron chi connectivity index (χ1n) is 4.68. The van der Waals surface area contributed by atoms with E-state index >= 15 is 0 Å². The van der Waals surface area contributed by atoms with Gasteiger partial charge in [0.25, 0.3) is 0 Å². The van der Waals surface area contributed by atoms with Gasteiger partial charge in [-0.1, -0.05) is 37.0 Å². The first kappa shape index (κ1) is 10.5. The zero-order valence-electron chi connectivity index (χ0n) is 7.54. The number of hydrogen-bond donors (Lipinski definition) is 0. The molecule has 0 amide bonds. The lowest BCUT2D eigenvalue weighted by Crippen LogP contribution is -2.13. The third-order valence-electron chi connectivity index (χ3n) is 2.20. The van der Waals surface area contributed by atoms with Crippen LogP contribution in [0.1, 0.15) is 39.0 Å². The van der Waals surface area contributed by atoms with Crippen molar-refractivity contribution in [2.24, 2.45) is 5.92 Å². The van der Waals surface area contributed by atoms with Crippen molar-refractivity contribution in [3.8, 4) is 0 Å². The lowest BCUT2D eigenvalue weighted by molar-refractivity contribution is -0.115. The van der Waals surface area contributed by atoms with Crippen molar-refractivity contribution in [1.29, 1.82) is 0 Å². The highest BCUT2D eigenvalue weighted by Gasteiger charge is 2.21. The Kier molecular flexibility index (Phi) is 5.16. The van der Waals surface area contributed by atoms with Crippen LogP contribution >= 0.6 is 21.6 Å². The minimum atomic E-state index is 0.378. The standard InChI is InChI=1S/C9H16OS2/c1-2-11-12-9(10)8-6-4-3-5-7-8/h8H,2-7H2,1H3. The lowest BCUT2D eigenvalue weighted by atomic mass is 9.90. The van der Waals surface area contributed by atoms with E-state index in [1.165, 1.54) is 30.1 Å². The van der Waals surface area contributed by atoms with E-state index in [9.17, 15) is 4.79 Å². The number of carbonyl (C=O) groups is 1. The summed E-state index contributed by atoms with van der Waals surface area (Å²) in [5.74, 6) is 1.41. The van der Waals surface area contributed by atoms with Gasteiger partial charge >= 0.3 is 0 Å². The molecule has 1 fully saturated rings. The molecule has 0 unspecified atom stereocenters. The smallest absolute Gasteiger partial charge is 0.202 e. The Morgan fingerprint density at radius 3 is 2.58 bits per heavy atom. The molecule has 70 valence electrons. The summed E-state index contributed by atoms with van der Waals surface area (Å²) in [6.45, 7) is 2.09. The van der Waals surface area contributed by atoms with Crippen molar-refractivity contribution in [1.82, 2.24) is 0 Å². The van der Waals surface area contributed by atoms with Crippen LogP contribution in [0.5, 0.6) is 0 Å². The zero-order valence-corrected chi connectivity index (χ0v) is 9.18. The van der Waals surface area contributed by atoms with Crippen LogP contribution in [0.4, 0.5) is 0 Å². The van der Waals surface area contributed by atoms with E-state index in [-0.39, 0.29) is 0 Å². The van der Waals surface area contributed by atoms with Gasteiger partial charge in [0.05, 0.1) is 0 Å². The maximum absolute atomic E-state index is 11.5. The van der Waals surface area contributed by atoms with Gasteiger partial charge < -0.3 is 0 Å². The molecule has 0 aliphatic heterocycles. The summed E-state index contributed by atoms with van der Waals surface area (Å²) >= 11 is 0. The van der Waals surface area contributed by atoms with Gasteiger partial charge in [0.1, 0.15) is 0 Å². The third kappa shape index (κ3) is 3.40. The molecular formula is C9H16OS2. The minimum Gasteiger partial charge on any atom is -0.286 e. The molecule has 0 aromatic heterocycles. The molecule has 0 aromatic rings. The van der Waals surface area contributed by atoms with Crippen molar-refractivity contribution in [3.63, 3.8) is 0 Å². The van der Waals surface area contributed by atoms with Gasteiger partial charge in [0, 0.05) is 11.7 Å². The summed E-state index contributed by atoms with van der Waals surface area (Å²) in [6.07, 6.45) is 6.11. The van der Waals surface area contributed by atoms with E-state index in [4.69, 9.17) is 0 Å². The number of rotatable bonds is 3. The summed E-state index contributed by atoms with van der Waals surface area (Å²) < 4.78 is 0. The van der Waals surface area contributed by atoms with Gasteiger partial charge in [-0.15, -0.1) is 0 Å². The molecule has 0 radical (unpaired) electrons. The Balaban J connectivity index is 2.20. The fraction of sp³-hybridized carbons (Fsp3) is 0.889. The summed E-state index contributed by atoms with van der Waals surface area (Å²) in [5, 5.41) is 0.418. The van der Waals surface area contributed by atoms with Crippen molar-refractivity contribution >= 4 is 26.7 Å². The van der Waals surface area contributed by atoms with Crippen LogP contribution < -0.4 is 0 Å². The van der Waals surface area contributed by atoms with Crippen LogP contribution in [-0.4, -0.2) is 10.9 Å². The molecule has 0 N–H and O–H groups in total. The number of carbonyl (C=O) groups excluding carboxylic acids is 1. The molecule has 1 rings (SSSR count). The first-order valence-corrected chi connectivity index (χ1v) is 6.99. The van der Waals surface area contributed by atoms with E-state index in [2.05, 4.69) is 6.92 Å². The predicted octanol–water partition coefficient (Wildman–Crippen LogP) is 3.49. The maximum Gasteiger partial charge on any atom is 0.202 e. The largest absolute Gasteiger partial charge is 0.286 e. The Bertz CT molecular complexity index is 141. The highest BCUT2D eigenvalue weighted by molar-refractivity contribution is 8.82. The normalized spacial score (nSPS) is 19.4. The molecule has 1 aliphatic carbocycles. The van der Waals surface area contributed by atoms with E-state index in [0.717, 1.165) is 18.6 Å². The quantitative estimate of drug-likeness (QED) is 0.655. The highest BCUT2D eigenvalue weighted by atomic mass is 33.1. The van der Waals surface area contributed by atoms with Crippen LogP contribution in [-0.2, 0) is 4.79 Å². The van der Waals surface area contributed by atoms with Gasteiger partial charge in [-0.2, -0.15) is 0 Å². The second kappa shape index (κ2) is 5.92. The average molecular weight is 204 g/mol. The number of hydrogen-bond acceptors (Lipinski definition) is 3. The van der Waals surface area contributed by atoms with Gasteiger partial charge in [0.2, 0.25) is 5.12 Å². The van der Waals surface area contributed by atoms with Crippen molar-refractivity contribution in [2.45, 2.75) is 39.0 Å². The summed E-state index contributed by atoms with van der Waals surface area (Å²) in [6, 6.07) is 0. The molecule has 0 aromatic carbocycles. The lowest BCUT2D eigenvalue weighted by Gasteiger charge is -2.18. The van der Waals surface area contributed by atoms with Crippen LogP contribution in [0.25, 0.3) is 0 Å². The highest BCUT2D eigenvalue weighted by Crippen LogP contribution is 2.32. The Labute approximate surface area is 82.5 Å². The van der Waals surface area contributed by atoms with Crippen LogP contribution in [0.2, 0.25) is 0 Å². The molecule has 0 spiro atoms. The van der Waals surface area contributed by atoms with Crippen LogP contribution in [0.3, 0.4) is 0 Å². The molecule has 0 atom stereocenters. The zero-order chi connectivity index (χ0) is 8.81. The van der Waals surface area contributed by atoms with Gasteiger partial charge in [-0.3, -0.25) is 4.79 Å². The second-order valence-electron chi connectivity index (χ2n) is 3.14. The SMILES string of the molecule is CCSSC(=O)C1CCCCC1. The second-order valence-corrected chi connectivity index (χ2v) is 5.73. The topological polar surface area (TPSA) is 17.1 Å². The van der Waals surface area contributed by atoms with E-state index in [1.807, 2.05) is 0 Å². The molecule has 3 heteroatoms. The van der Waals surface area contributed by atoms with Crippen LogP contribution in [0, 0.1) is 5.92 Å². The van der Waals surface area contributed by atoms with Crippen molar-refractivity contribution in [3.05, 3.63) is 0 Å². The summed E-state index contributed by atoms with van der Waals surface area (Å²) in [7, 11) is 3.14. The minimum absolute atomic E-state index is 0.378. The predicted molar refractivity (Wildman–Crippen MR) is 57.3 cm³/mol. The van der Waals surface area contributed by atoms with Gasteiger partial charge in [-0.05, 0) is 23.6 Å². The average Bonchev–Trinajstić information content (AvgIpc) is 2.15. The van der Waals surface area contributed by atoms with Crippen molar-refractivity contribution in [2.75, 3.05) is 5.75 Å². The molecule has 1 aliphatic rings. The molecule has 0 bridgehead atoms. The fourth-order valence-corrected chi connectivity index (χ4v) is 3.24. The molecule has 1 saturated carbocycles. The van der Waals surface area contributed by atoms with Gasteiger partial charge in [-0.25, -0.2) is 0 Å².